The van der Waals surface area contributed by atoms with Crippen LogP contribution in [0.2, 0.25) is 0 Å². The fourth-order valence-corrected chi connectivity index (χ4v) is 4.43. The minimum Gasteiger partial charge on any atom is -0.492 e. The van der Waals surface area contributed by atoms with Gasteiger partial charge in [-0.25, -0.2) is 4.98 Å². The third-order valence-electron chi connectivity index (χ3n) is 6.07. The second-order valence-corrected chi connectivity index (χ2v) is 7.61. The van der Waals surface area contributed by atoms with E-state index in [0.717, 1.165) is 53.5 Å². The number of carbonyl (C=O) groups excluding carboxylic acids is 1. The van der Waals surface area contributed by atoms with Crippen LogP contribution in [-0.4, -0.2) is 46.5 Å². The maximum atomic E-state index is 12.5. The molecule has 0 unspecified atom stereocenters. The Labute approximate surface area is 175 Å². The molecule has 1 aliphatic rings. The standard InChI is InChI=1S/C24H25N3O3/c1-3-26(4-2)11-12-27-19-7-5-16(24-25-10-14-30-24)15-18(19)22-20(27)8-6-17-21(28)9-13-29-23(17)22/h5-8,10,14-15H,3-4,9,11-13H2,1-2H3. The van der Waals surface area contributed by atoms with E-state index in [1.165, 1.54) is 0 Å². The van der Waals surface area contributed by atoms with Crippen molar-refractivity contribution in [2.45, 2.75) is 26.8 Å². The van der Waals surface area contributed by atoms with Gasteiger partial charge in [0.2, 0.25) is 5.89 Å². The molecule has 0 atom stereocenters. The molecule has 0 saturated carbocycles. The van der Waals surface area contributed by atoms with E-state index in [9.17, 15) is 4.79 Å². The van der Waals surface area contributed by atoms with Gasteiger partial charge in [0.1, 0.15) is 12.0 Å². The number of benzene rings is 2. The van der Waals surface area contributed by atoms with Gasteiger partial charge in [-0.3, -0.25) is 4.79 Å². The molecule has 0 N–H and O–H groups in total. The molecule has 3 heterocycles. The van der Waals surface area contributed by atoms with Crippen LogP contribution in [-0.2, 0) is 6.54 Å². The van der Waals surface area contributed by atoms with Gasteiger partial charge in [-0.1, -0.05) is 13.8 Å². The average molecular weight is 403 g/mol. The van der Waals surface area contributed by atoms with Crippen LogP contribution in [0.5, 0.6) is 5.75 Å². The Bertz CT molecular complexity index is 1220. The minimum absolute atomic E-state index is 0.144. The normalized spacial score (nSPS) is 13.9. The SMILES string of the molecule is CCN(CC)CCn1c2ccc(-c3ncco3)cc2c2c3c(ccc21)C(=O)CCO3. The lowest BCUT2D eigenvalue weighted by atomic mass is 10.0. The molecule has 2 aromatic heterocycles. The van der Waals surface area contributed by atoms with Crippen molar-refractivity contribution in [2.75, 3.05) is 26.2 Å². The van der Waals surface area contributed by atoms with E-state index in [2.05, 4.69) is 46.5 Å². The van der Waals surface area contributed by atoms with Crippen molar-refractivity contribution >= 4 is 27.6 Å². The van der Waals surface area contributed by atoms with E-state index in [-0.39, 0.29) is 5.78 Å². The highest BCUT2D eigenvalue weighted by Crippen LogP contribution is 2.41. The third-order valence-corrected chi connectivity index (χ3v) is 6.07. The molecule has 0 aliphatic carbocycles. The van der Waals surface area contributed by atoms with Crippen molar-refractivity contribution in [3.05, 3.63) is 48.4 Å². The maximum Gasteiger partial charge on any atom is 0.225 e. The minimum atomic E-state index is 0.144. The van der Waals surface area contributed by atoms with E-state index in [1.807, 2.05) is 12.1 Å². The van der Waals surface area contributed by atoms with Gasteiger partial charge in [0.15, 0.2) is 5.78 Å². The predicted molar refractivity (Wildman–Crippen MR) is 117 cm³/mol. The molecule has 1 aliphatic heterocycles. The molecule has 2 aromatic carbocycles. The van der Waals surface area contributed by atoms with Crippen molar-refractivity contribution in [2.24, 2.45) is 0 Å². The summed E-state index contributed by atoms with van der Waals surface area (Å²) in [4.78, 5) is 19.2. The van der Waals surface area contributed by atoms with E-state index >= 15 is 0 Å². The van der Waals surface area contributed by atoms with Gasteiger partial charge in [-0.2, -0.15) is 0 Å². The number of hydrogen-bond acceptors (Lipinski definition) is 5. The molecule has 0 radical (unpaired) electrons. The summed E-state index contributed by atoms with van der Waals surface area (Å²) in [6.07, 6.45) is 3.66. The number of ether oxygens (including phenoxy) is 1. The Morgan fingerprint density at radius 3 is 2.73 bits per heavy atom. The number of hydrogen-bond donors (Lipinski definition) is 0. The van der Waals surface area contributed by atoms with Crippen LogP contribution in [0.3, 0.4) is 0 Å². The second-order valence-electron chi connectivity index (χ2n) is 7.61. The number of nitrogens with zero attached hydrogens (tertiary/aromatic N) is 3. The number of fused-ring (bicyclic) bond motifs is 5. The summed E-state index contributed by atoms with van der Waals surface area (Å²) in [6.45, 7) is 8.68. The average Bonchev–Trinajstić information content (AvgIpc) is 3.41. The van der Waals surface area contributed by atoms with Crippen LogP contribution in [0, 0.1) is 0 Å². The number of carbonyl (C=O) groups is 1. The lowest BCUT2D eigenvalue weighted by Crippen LogP contribution is -2.27. The quantitative estimate of drug-likeness (QED) is 0.465. The molecular weight excluding hydrogens is 378 g/mol. The third kappa shape index (κ3) is 2.99. The largest absolute Gasteiger partial charge is 0.492 e. The Morgan fingerprint density at radius 2 is 1.97 bits per heavy atom. The van der Waals surface area contributed by atoms with Crippen LogP contribution in [0.1, 0.15) is 30.6 Å². The van der Waals surface area contributed by atoms with Crippen molar-refractivity contribution in [3.8, 4) is 17.2 Å². The first-order valence-corrected chi connectivity index (χ1v) is 10.6. The summed E-state index contributed by atoms with van der Waals surface area (Å²) in [6, 6.07) is 10.2. The van der Waals surface area contributed by atoms with Crippen LogP contribution < -0.4 is 4.74 Å². The smallest absolute Gasteiger partial charge is 0.225 e. The highest BCUT2D eigenvalue weighted by Gasteiger charge is 2.25. The van der Waals surface area contributed by atoms with Gasteiger partial charge < -0.3 is 18.6 Å². The second kappa shape index (κ2) is 7.61. The first kappa shape index (κ1) is 18.9. The number of aromatic nitrogens is 2. The van der Waals surface area contributed by atoms with Gasteiger partial charge in [-0.05, 0) is 43.4 Å². The molecular formula is C24H25N3O3. The van der Waals surface area contributed by atoms with Crippen molar-refractivity contribution in [1.82, 2.24) is 14.5 Å². The number of rotatable bonds is 6. The molecule has 30 heavy (non-hydrogen) atoms. The van der Waals surface area contributed by atoms with Gasteiger partial charge in [0.05, 0.1) is 29.3 Å². The summed E-state index contributed by atoms with van der Waals surface area (Å²) < 4.78 is 13.9. The van der Waals surface area contributed by atoms with Crippen molar-refractivity contribution in [1.29, 1.82) is 0 Å². The highest BCUT2D eigenvalue weighted by molar-refractivity contribution is 6.16. The summed E-state index contributed by atoms with van der Waals surface area (Å²) in [5, 5.41) is 2.07. The Morgan fingerprint density at radius 1 is 1.13 bits per heavy atom. The molecule has 0 saturated heterocycles. The number of Topliss-reactive ketones (excluding diaryl/α,β-unsaturated/α-hetero) is 1. The molecule has 4 aromatic rings. The molecule has 0 fully saturated rings. The molecule has 5 rings (SSSR count). The molecule has 6 heteroatoms. The molecule has 154 valence electrons. The van der Waals surface area contributed by atoms with E-state index < -0.39 is 0 Å². The fourth-order valence-electron chi connectivity index (χ4n) is 4.43. The van der Waals surface area contributed by atoms with Crippen LogP contribution >= 0.6 is 0 Å². The number of oxazole rings is 1. The first-order chi connectivity index (χ1) is 14.7. The predicted octanol–water partition coefficient (Wildman–Crippen LogP) is 4.76. The zero-order valence-electron chi connectivity index (χ0n) is 17.4. The first-order valence-electron chi connectivity index (χ1n) is 10.6. The number of ketones is 1. The zero-order chi connectivity index (χ0) is 20.7. The van der Waals surface area contributed by atoms with Gasteiger partial charge in [0, 0.05) is 36.0 Å². The topological polar surface area (TPSA) is 60.5 Å². The van der Waals surface area contributed by atoms with E-state index in [0.29, 0.717) is 30.2 Å². The summed E-state index contributed by atoms with van der Waals surface area (Å²) in [5.74, 6) is 1.44. The molecule has 0 amide bonds. The molecule has 0 spiro atoms. The Kier molecular flexibility index (Phi) is 4.79. The Balaban J connectivity index is 1.75. The van der Waals surface area contributed by atoms with Gasteiger partial charge in [0.25, 0.3) is 0 Å². The van der Waals surface area contributed by atoms with E-state index in [1.54, 1.807) is 12.5 Å². The fraction of sp³-hybridized carbons (Fsp3) is 0.333. The van der Waals surface area contributed by atoms with Gasteiger partial charge >= 0.3 is 0 Å². The Hall–Kier alpha value is -3.12. The van der Waals surface area contributed by atoms with Crippen molar-refractivity contribution < 1.29 is 13.9 Å². The monoisotopic (exact) mass is 403 g/mol. The maximum absolute atomic E-state index is 12.5. The van der Waals surface area contributed by atoms with Crippen LogP contribution in [0.4, 0.5) is 0 Å². The lowest BCUT2D eigenvalue weighted by molar-refractivity contribution is 0.0935. The summed E-state index contributed by atoms with van der Waals surface area (Å²) in [7, 11) is 0. The van der Waals surface area contributed by atoms with Gasteiger partial charge in [-0.15, -0.1) is 0 Å². The molecule has 6 nitrogen and oxygen atoms in total. The highest BCUT2D eigenvalue weighted by atomic mass is 16.5. The van der Waals surface area contributed by atoms with Crippen molar-refractivity contribution in [3.63, 3.8) is 0 Å². The number of likely N-dealkylation sites (N-methyl/N-ethyl adjacent to an activating group) is 1. The summed E-state index contributed by atoms with van der Waals surface area (Å²) in [5.41, 5.74) is 3.81. The summed E-state index contributed by atoms with van der Waals surface area (Å²) >= 11 is 0. The van der Waals surface area contributed by atoms with Crippen LogP contribution in [0.15, 0.2) is 47.2 Å². The molecule has 0 bridgehead atoms. The van der Waals surface area contributed by atoms with E-state index in [4.69, 9.17) is 9.15 Å². The lowest BCUT2D eigenvalue weighted by Gasteiger charge is -2.20. The zero-order valence-corrected chi connectivity index (χ0v) is 17.4. The van der Waals surface area contributed by atoms with Crippen LogP contribution in [0.25, 0.3) is 33.3 Å².